The predicted octanol–water partition coefficient (Wildman–Crippen LogP) is -22.1. The van der Waals surface area contributed by atoms with Gasteiger partial charge in [-0.25, -0.2) is 0 Å². The smallest absolute Gasteiger partial charge is 0.549 e. The fraction of sp³-hybridized carbons (Fsp3) is 0.522. The van der Waals surface area contributed by atoms with E-state index in [0.29, 0.717) is 16.7 Å². The number of carbonyl (C=O) groups excluding carboxylic acids is 15. The van der Waals surface area contributed by atoms with Crippen LogP contribution in [0.25, 0.3) is 0 Å². The van der Waals surface area contributed by atoms with Gasteiger partial charge in [-0.05, 0) is 37.5 Å². The number of hydrogen-bond donors (Lipinski definition) is 0. The van der Waals surface area contributed by atoms with Crippen LogP contribution in [0.1, 0.15) is 37.5 Å². The first kappa shape index (κ1) is 120. The first-order valence-corrected chi connectivity index (χ1v) is 33.7. The zero-order chi connectivity index (χ0) is 84.0. The third-order valence-electron chi connectivity index (χ3n) is 15.6. The average Bonchev–Trinajstić information content (AvgIpc) is 0.810. The molecule has 3 aromatic rings. The Morgan fingerprint density at radius 2 is 0.371 bits per heavy atom. The Bertz CT molecular complexity index is 3070. The molecule has 5 radical (unpaired) electrons. The summed E-state index contributed by atoms with van der Waals surface area (Å²) in [4.78, 5) is 179. The first-order valence-electron chi connectivity index (χ1n) is 33.7. The average molecular weight is 2350 g/mol. The molecular formula is C69H84Gd5N9O33. The van der Waals surface area contributed by atoms with Gasteiger partial charge in [0.1, 0.15) is 17.2 Å². The molecule has 3 unspecified atom stereocenters. The molecule has 0 heterocycles. The Morgan fingerprint density at radius 1 is 0.233 bits per heavy atom. The monoisotopic (exact) mass is 2360 g/mol. The van der Waals surface area contributed by atoms with E-state index in [9.17, 15) is 149 Å². The zero-order valence-electron chi connectivity index (χ0n) is 62.6. The molecule has 0 N–H and O–H groups in total. The van der Waals surface area contributed by atoms with Crippen LogP contribution in [0.4, 0.5) is 0 Å². The molecule has 643 valence electrons. The summed E-state index contributed by atoms with van der Waals surface area (Å²) in [6.45, 7) is -10.5. The molecule has 0 fully saturated rings. The maximum absolute atomic E-state index is 11.5. The van der Waals surface area contributed by atoms with Crippen LogP contribution >= 0.6 is 0 Å². The molecule has 0 amide bonds. The van der Waals surface area contributed by atoms with E-state index >= 15 is 0 Å². The molecular weight excluding hydrogens is 2270 g/mol. The molecule has 0 saturated heterocycles. The molecule has 3 atom stereocenters. The van der Waals surface area contributed by atoms with Gasteiger partial charge < -0.3 is 163 Å². The minimum atomic E-state index is -1.74. The van der Waals surface area contributed by atoms with E-state index in [-0.39, 0.29) is 278 Å². The topological polar surface area (TPSA) is 659 Å². The van der Waals surface area contributed by atoms with E-state index in [0.717, 1.165) is 29.4 Å². The normalized spacial score (nSPS) is 12.4. The molecule has 0 bridgehead atoms. The second-order valence-electron chi connectivity index (χ2n) is 24.5. The zero-order valence-corrected chi connectivity index (χ0v) is 74.0. The van der Waals surface area contributed by atoms with Crippen molar-refractivity contribution >= 4 is 89.5 Å². The van der Waals surface area contributed by atoms with Crippen molar-refractivity contribution in [3.63, 3.8) is 0 Å². The first-order chi connectivity index (χ1) is 52.1. The number of aliphatic carboxylic acids is 15. The van der Waals surface area contributed by atoms with Crippen molar-refractivity contribution in [3.8, 4) is 0 Å². The van der Waals surface area contributed by atoms with Crippen molar-refractivity contribution in [2.75, 3.05) is 177 Å². The predicted molar refractivity (Wildman–Crippen MR) is 342 cm³/mol. The van der Waals surface area contributed by atoms with E-state index in [1.807, 2.05) is 0 Å². The van der Waals surface area contributed by atoms with Crippen molar-refractivity contribution in [1.82, 2.24) is 44.1 Å². The molecule has 3 rings (SSSR count). The summed E-state index contributed by atoms with van der Waals surface area (Å²) < 4.78 is 17.7. The molecule has 0 aliphatic rings. The number of carboxylic acid groups (broad SMARTS) is 15. The van der Waals surface area contributed by atoms with Crippen LogP contribution < -0.4 is 76.6 Å². The Morgan fingerprint density at radius 3 is 0.509 bits per heavy atom. The number of ether oxygens (including phenoxy) is 3. The van der Waals surface area contributed by atoms with E-state index in [2.05, 4.69) is 0 Å². The molecule has 42 nitrogen and oxygen atoms in total. The van der Waals surface area contributed by atoms with Crippen LogP contribution in [-0.4, -0.2) is 328 Å². The van der Waals surface area contributed by atoms with Gasteiger partial charge in [0.25, 0.3) is 0 Å². The van der Waals surface area contributed by atoms with Crippen LogP contribution in [0, 0.1) is 200 Å². The summed E-state index contributed by atoms with van der Waals surface area (Å²) in [5.41, 5.74) is -3.41. The second kappa shape index (κ2) is 65.6. The largest absolute Gasteiger partial charge is 3.00 e. The fourth-order valence-corrected chi connectivity index (χ4v) is 11.7. The quantitative estimate of drug-likeness (QED) is 0.0474. The van der Waals surface area contributed by atoms with Gasteiger partial charge in [-0.15, -0.1) is 0 Å². The van der Waals surface area contributed by atoms with E-state index in [1.54, 1.807) is 112 Å². The van der Waals surface area contributed by atoms with E-state index in [4.69, 9.17) is 14.2 Å². The summed E-state index contributed by atoms with van der Waals surface area (Å²) in [6.07, 6.45) is -0.269. The molecule has 116 heavy (non-hydrogen) atoms. The van der Waals surface area contributed by atoms with E-state index in [1.165, 1.54) is 14.7 Å². The third kappa shape index (κ3) is 54.3. The number of rotatable bonds is 60. The van der Waals surface area contributed by atoms with Gasteiger partial charge in [-0.3, -0.25) is 44.1 Å². The third-order valence-corrected chi connectivity index (χ3v) is 15.6. The van der Waals surface area contributed by atoms with Crippen molar-refractivity contribution in [3.05, 3.63) is 108 Å². The molecule has 0 saturated carbocycles. The summed E-state index contributed by atoms with van der Waals surface area (Å²) in [5, 5.41) is 170. The Labute approximate surface area is 827 Å². The van der Waals surface area contributed by atoms with Gasteiger partial charge in [0.05, 0.1) is 89.5 Å². The number of hydrogen-bond acceptors (Lipinski definition) is 42. The summed E-state index contributed by atoms with van der Waals surface area (Å²) >= 11 is 0. The molecule has 0 aliphatic carbocycles. The fourth-order valence-electron chi connectivity index (χ4n) is 11.7. The van der Waals surface area contributed by atoms with Gasteiger partial charge in [-0.1, -0.05) is 91.0 Å². The van der Waals surface area contributed by atoms with Gasteiger partial charge >= 0.3 is 200 Å². The van der Waals surface area contributed by atoms with Crippen LogP contribution in [0.3, 0.4) is 0 Å². The molecule has 3 aromatic carbocycles. The van der Waals surface area contributed by atoms with Crippen LogP contribution in [0.5, 0.6) is 0 Å². The number of carboxylic acids is 15. The van der Waals surface area contributed by atoms with Crippen molar-refractivity contribution in [2.45, 2.75) is 57.2 Å². The SMILES string of the molecule is CCOC(Cc1ccccc1)(CN(CCN(CC(=O)[O-])CC(=O)[O-])CC(=O)[O-])N(CC(=O)[O-])CC(=O)[O-].CCOC(Cc1ccccc1)(CN(CCN(CC(=O)[O-])CC(=O)[O-])CC(=O)[O-])N(CC(=O)[O-])CC(=O)[O-].CCOC(Cc1ccccc1)(CN(CCN(CC(=O)[O-])CC(=O)[O-])CC(=O)[O-])N(CC(=O)[O-])CC(=O)[O-].[Gd+3].[Gd+3].[Gd+3].[Gd+3].[Gd+3]. The van der Waals surface area contributed by atoms with Crippen LogP contribution in [0.15, 0.2) is 91.0 Å². The summed E-state index contributed by atoms with van der Waals surface area (Å²) in [6, 6.07) is 25.3. The van der Waals surface area contributed by atoms with Crippen molar-refractivity contribution in [2.24, 2.45) is 0 Å². The number of benzene rings is 3. The minimum absolute atomic E-state index is 0. The van der Waals surface area contributed by atoms with Gasteiger partial charge in [0.2, 0.25) is 0 Å². The molecule has 0 aromatic heterocycles. The van der Waals surface area contributed by atoms with Crippen LogP contribution in [0.2, 0.25) is 0 Å². The Kier molecular flexibility index (Phi) is 68.0. The second-order valence-corrected chi connectivity index (χ2v) is 24.5. The maximum atomic E-state index is 11.5. The number of nitrogens with zero attached hydrogens (tertiary/aromatic N) is 9. The van der Waals surface area contributed by atoms with Gasteiger partial charge in [-0.2, -0.15) is 0 Å². The Balaban J connectivity index is -0.000000520. The standard InChI is InChI=1S/3C23H33N3O11.5Gd/c3*1-2-37-23(10-17-6-4-3-5-7-17,26(14-21(33)34)15-22(35)36)16-25(13-20(31)32)9-8-24(11-18(27)28)12-19(29)30;;;;;/h3*3-7H,2,8-16H2,1H3,(H,27,28)(H,29,30)(H,31,32)(H,33,34)(H,35,36);;;;;/q;;;5*+3/p-15. The molecule has 0 spiro atoms. The molecule has 0 aliphatic heterocycles. The summed E-state index contributed by atoms with van der Waals surface area (Å²) in [7, 11) is 0. The number of carbonyl (C=O) groups is 15. The molecule has 47 heteroatoms. The summed E-state index contributed by atoms with van der Waals surface area (Å²) in [5.74, 6) is -23.9. The van der Waals surface area contributed by atoms with Crippen LogP contribution in [-0.2, 0) is 105 Å². The Hall–Kier alpha value is -4.15. The van der Waals surface area contributed by atoms with Crippen molar-refractivity contribution < 1.29 is 362 Å². The van der Waals surface area contributed by atoms with Gasteiger partial charge in [0, 0.05) is 196 Å². The van der Waals surface area contributed by atoms with E-state index < -0.39 is 225 Å². The maximum Gasteiger partial charge on any atom is 3.00 e. The van der Waals surface area contributed by atoms with Crippen molar-refractivity contribution in [1.29, 1.82) is 0 Å². The minimum Gasteiger partial charge on any atom is -0.549 e. The van der Waals surface area contributed by atoms with Gasteiger partial charge in [0.15, 0.2) is 0 Å².